The van der Waals surface area contributed by atoms with Crippen LogP contribution in [0.5, 0.6) is 0 Å². The van der Waals surface area contributed by atoms with Crippen LogP contribution >= 0.6 is 0 Å². The molecule has 1 unspecified atom stereocenters. The summed E-state index contributed by atoms with van der Waals surface area (Å²) in [6.45, 7) is 2.09. The molecule has 0 saturated heterocycles. The number of aryl methyl sites for hydroxylation is 2. The van der Waals surface area contributed by atoms with E-state index in [-0.39, 0.29) is 11.9 Å². The summed E-state index contributed by atoms with van der Waals surface area (Å²) < 4.78 is 1.77. The van der Waals surface area contributed by atoms with E-state index in [9.17, 15) is 4.79 Å². The lowest BCUT2D eigenvalue weighted by molar-refractivity contribution is 0.0936. The van der Waals surface area contributed by atoms with Gasteiger partial charge in [-0.25, -0.2) is 0 Å². The average molecular weight is 323 g/mol. The van der Waals surface area contributed by atoms with Crippen LogP contribution in [0.3, 0.4) is 0 Å². The zero-order valence-electron chi connectivity index (χ0n) is 13.9. The van der Waals surface area contributed by atoms with Gasteiger partial charge in [-0.05, 0) is 24.1 Å². The van der Waals surface area contributed by atoms with Crippen molar-refractivity contribution in [3.05, 3.63) is 71.3 Å². The molecule has 6 nitrogen and oxygen atoms in total. The van der Waals surface area contributed by atoms with E-state index in [4.69, 9.17) is 0 Å². The summed E-state index contributed by atoms with van der Waals surface area (Å²) in [6, 6.07) is 13.3. The third-order valence-corrected chi connectivity index (χ3v) is 3.95. The maximum Gasteiger partial charge on any atom is 0.272 e. The monoisotopic (exact) mass is 323 g/mol. The Labute approximate surface area is 140 Å². The molecule has 6 heteroatoms. The number of nitrogens with zero attached hydrogens (tertiary/aromatic N) is 3. The van der Waals surface area contributed by atoms with Crippen molar-refractivity contribution in [1.29, 1.82) is 0 Å². The van der Waals surface area contributed by atoms with Crippen molar-refractivity contribution < 1.29 is 4.79 Å². The standard InChI is InChI=1S/C18H21N5O/c1-3-7-14-12-15(22-21-14)18(24)20-17(13-8-5-4-6-9-13)16-10-11-19-23(16)2/h4-6,8-12,17H,3,7H2,1-2H3,(H,20,24)(H,21,22). The van der Waals surface area contributed by atoms with Crippen LogP contribution < -0.4 is 5.32 Å². The second-order valence-corrected chi connectivity index (χ2v) is 5.73. The van der Waals surface area contributed by atoms with Crippen molar-refractivity contribution in [2.24, 2.45) is 7.05 Å². The first kappa shape index (κ1) is 16.0. The predicted octanol–water partition coefficient (Wildman–Crippen LogP) is 2.62. The van der Waals surface area contributed by atoms with Crippen molar-refractivity contribution >= 4 is 5.91 Å². The molecule has 1 amide bonds. The summed E-state index contributed by atoms with van der Waals surface area (Å²) in [4.78, 5) is 12.6. The Hall–Kier alpha value is -2.89. The molecule has 24 heavy (non-hydrogen) atoms. The molecule has 0 saturated carbocycles. The van der Waals surface area contributed by atoms with Gasteiger partial charge in [-0.2, -0.15) is 10.2 Å². The number of carbonyl (C=O) groups is 1. The fourth-order valence-corrected chi connectivity index (χ4v) is 2.72. The molecule has 2 heterocycles. The van der Waals surface area contributed by atoms with Gasteiger partial charge in [-0.3, -0.25) is 14.6 Å². The predicted molar refractivity (Wildman–Crippen MR) is 91.5 cm³/mol. The number of nitrogens with one attached hydrogen (secondary N) is 2. The molecule has 3 rings (SSSR count). The molecular weight excluding hydrogens is 302 g/mol. The van der Waals surface area contributed by atoms with Crippen molar-refractivity contribution in [3.63, 3.8) is 0 Å². The minimum atomic E-state index is -0.280. The molecule has 0 fully saturated rings. The van der Waals surface area contributed by atoms with Crippen LogP contribution in [-0.4, -0.2) is 25.9 Å². The number of carbonyl (C=O) groups excluding carboxylic acids is 1. The largest absolute Gasteiger partial charge is 0.338 e. The average Bonchev–Trinajstić information content (AvgIpc) is 3.23. The van der Waals surface area contributed by atoms with Gasteiger partial charge >= 0.3 is 0 Å². The maximum absolute atomic E-state index is 12.6. The SMILES string of the molecule is CCCc1cc(C(=O)NC(c2ccccc2)c2ccnn2C)n[nH]1. The zero-order chi connectivity index (χ0) is 16.9. The molecule has 1 aromatic carbocycles. The van der Waals surface area contributed by atoms with Crippen molar-refractivity contribution in [2.75, 3.05) is 0 Å². The molecule has 124 valence electrons. The summed E-state index contributed by atoms with van der Waals surface area (Å²) in [5.41, 5.74) is 3.29. The molecular formula is C18H21N5O. The minimum absolute atomic E-state index is 0.205. The van der Waals surface area contributed by atoms with E-state index in [1.54, 1.807) is 10.9 Å². The Balaban J connectivity index is 1.86. The smallest absolute Gasteiger partial charge is 0.272 e. The van der Waals surface area contributed by atoms with Crippen LogP contribution in [0.25, 0.3) is 0 Å². The first-order valence-corrected chi connectivity index (χ1v) is 8.07. The molecule has 0 bridgehead atoms. The van der Waals surface area contributed by atoms with Gasteiger partial charge in [0.2, 0.25) is 0 Å². The summed E-state index contributed by atoms with van der Waals surface area (Å²) in [6.07, 6.45) is 3.61. The molecule has 0 aliphatic heterocycles. The Morgan fingerprint density at radius 2 is 2.08 bits per heavy atom. The van der Waals surface area contributed by atoms with Gasteiger partial charge in [0.15, 0.2) is 0 Å². The summed E-state index contributed by atoms with van der Waals surface area (Å²) >= 11 is 0. The fourth-order valence-electron chi connectivity index (χ4n) is 2.72. The maximum atomic E-state index is 12.6. The van der Waals surface area contributed by atoms with Crippen LogP contribution in [0.2, 0.25) is 0 Å². The highest BCUT2D eigenvalue weighted by Crippen LogP contribution is 2.21. The summed E-state index contributed by atoms with van der Waals surface area (Å²) in [7, 11) is 1.87. The van der Waals surface area contributed by atoms with Gasteiger partial charge in [0, 0.05) is 18.9 Å². The third-order valence-electron chi connectivity index (χ3n) is 3.95. The lowest BCUT2D eigenvalue weighted by atomic mass is 10.0. The van der Waals surface area contributed by atoms with Gasteiger partial charge in [-0.1, -0.05) is 43.7 Å². The second-order valence-electron chi connectivity index (χ2n) is 5.73. The number of hydrogen-bond acceptors (Lipinski definition) is 3. The highest BCUT2D eigenvalue weighted by molar-refractivity contribution is 5.92. The highest BCUT2D eigenvalue weighted by Gasteiger charge is 2.21. The lowest BCUT2D eigenvalue weighted by Gasteiger charge is -2.19. The Kier molecular flexibility index (Phi) is 4.74. The molecule has 0 aliphatic rings. The third kappa shape index (κ3) is 3.37. The zero-order valence-corrected chi connectivity index (χ0v) is 13.9. The molecule has 0 radical (unpaired) electrons. The molecule has 3 aromatic rings. The van der Waals surface area contributed by atoms with Gasteiger partial charge in [0.05, 0.1) is 11.7 Å². The first-order valence-electron chi connectivity index (χ1n) is 8.07. The second kappa shape index (κ2) is 7.12. The van der Waals surface area contributed by atoms with Crippen LogP contribution in [0.1, 0.15) is 46.8 Å². The van der Waals surface area contributed by atoms with E-state index in [0.29, 0.717) is 5.69 Å². The van der Waals surface area contributed by atoms with Gasteiger partial charge in [0.1, 0.15) is 5.69 Å². The number of hydrogen-bond donors (Lipinski definition) is 2. The van der Waals surface area contributed by atoms with Crippen LogP contribution in [0.15, 0.2) is 48.7 Å². The number of amides is 1. The van der Waals surface area contributed by atoms with E-state index < -0.39 is 0 Å². The van der Waals surface area contributed by atoms with E-state index in [2.05, 4.69) is 27.5 Å². The Bertz CT molecular complexity index is 806. The van der Waals surface area contributed by atoms with E-state index in [0.717, 1.165) is 29.8 Å². The van der Waals surface area contributed by atoms with Crippen LogP contribution in [0.4, 0.5) is 0 Å². The number of aromatic nitrogens is 4. The normalized spacial score (nSPS) is 12.1. The Morgan fingerprint density at radius 3 is 2.75 bits per heavy atom. The Morgan fingerprint density at radius 1 is 1.29 bits per heavy atom. The number of rotatable bonds is 6. The number of benzene rings is 1. The topological polar surface area (TPSA) is 75.6 Å². The van der Waals surface area contributed by atoms with E-state index in [1.807, 2.05) is 49.5 Å². The van der Waals surface area contributed by atoms with E-state index >= 15 is 0 Å². The summed E-state index contributed by atoms with van der Waals surface area (Å²) in [5.74, 6) is -0.205. The van der Waals surface area contributed by atoms with Crippen LogP contribution in [-0.2, 0) is 13.5 Å². The lowest BCUT2D eigenvalue weighted by Crippen LogP contribution is -2.31. The van der Waals surface area contributed by atoms with E-state index in [1.165, 1.54) is 0 Å². The highest BCUT2D eigenvalue weighted by atomic mass is 16.2. The quantitative estimate of drug-likeness (QED) is 0.732. The van der Waals surface area contributed by atoms with Crippen molar-refractivity contribution in [3.8, 4) is 0 Å². The molecule has 2 N–H and O–H groups in total. The molecule has 0 spiro atoms. The number of aromatic amines is 1. The first-order chi connectivity index (χ1) is 11.7. The minimum Gasteiger partial charge on any atom is -0.338 e. The molecule has 2 aromatic heterocycles. The van der Waals surface area contributed by atoms with Gasteiger partial charge < -0.3 is 5.32 Å². The van der Waals surface area contributed by atoms with Gasteiger partial charge in [-0.15, -0.1) is 0 Å². The molecule has 1 atom stereocenters. The summed E-state index contributed by atoms with van der Waals surface area (Å²) in [5, 5.41) is 14.3. The van der Waals surface area contributed by atoms with Crippen molar-refractivity contribution in [1.82, 2.24) is 25.3 Å². The molecule has 0 aliphatic carbocycles. The van der Waals surface area contributed by atoms with Gasteiger partial charge in [0.25, 0.3) is 5.91 Å². The fraction of sp³-hybridized carbons (Fsp3) is 0.278. The van der Waals surface area contributed by atoms with Crippen LogP contribution in [0, 0.1) is 0 Å². The van der Waals surface area contributed by atoms with Crippen molar-refractivity contribution in [2.45, 2.75) is 25.8 Å². The number of H-pyrrole nitrogens is 1.